The SMILES string of the molecule is COc1ccccc1C(Br)c1ccc2c(c1)C(=O)NCC2. The van der Waals surface area contributed by atoms with Crippen LogP contribution in [0.15, 0.2) is 42.5 Å². The van der Waals surface area contributed by atoms with Crippen molar-refractivity contribution in [3.63, 3.8) is 0 Å². The van der Waals surface area contributed by atoms with Crippen molar-refractivity contribution in [2.24, 2.45) is 0 Å². The molecule has 1 unspecified atom stereocenters. The number of alkyl halides is 1. The van der Waals surface area contributed by atoms with E-state index in [2.05, 4.69) is 27.3 Å². The summed E-state index contributed by atoms with van der Waals surface area (Å²) >= 11 is 3.72. The van der Waals surface area contributed by atoms with Gasteiger partial charge in [0.1, 0.15) is 5.75 Å². The number of rotatable bonds is 3. The van der Waals surface area contributed by atoms with Crippen LogP contribution in [0.5, 0.6) is 5.75 Å². The average molecular weight is 346 g/mol. The van der Waals surface area contributed by atoms with Gasteiger partial charge < -0.3 is 10.1 Å². The van der Waals surface area contributed by atoms with Gasteiger partial charge in [-0.05, 0) is 29.7 Å². The second-order valence-electron chi connectivity index (χ2n) is 5.03. The summed E-state index contributed by atoms with van der Waals surface area (Å²) in [5.41, 5.74) is 3.99. The van der Waals surface area contributed by atoms with E-state index >= 15 is 0 Å². The zero-order chi connectivity index (χ0) is 14.8. The summed E-state index contributed by atoms with van der Waals surface area (Å²) in [6, 6.07) is 14.0. The van der Waals surface area contributed by atoms with Crippen LogP contribution in [-0.2, 0) is 6.42 Å². The first kappa shape index (κ1) is 14.1. The van der Waals surface area contributed by atoms with Gasteiger partial charge in [0.05, 0.1) is 11.9 Å². The number of hydrogen-bond donors (Lipinski definition) is 1. The van der Waals surface area contributed by atoms with Gasteiger partial charge in [0.15, 0.2) is 0 Å². The Morgan fingerprint density at radius 3 is 2.86 bits per heavy atom. The van der Waals surface area contributed by atoms with Gasteiger partial charge in [-0.25, -0.2) is 0 Å². The smallest absolute Gasteiger partial charge is 0.251 e. The van der Waals surface area contributed by atoms with Gasteiger partial charge in [-0.2, -0.15) is 0 Å². The minimum atomic E-state index is -0.00586. The van der Waals surface area contributed by atoms with Gasteiger partial charge in [-0.1, -0.05) is 46.3 Å². The lowest BCUT2D eigenvalue weighted by atomic mass is 9.95. The van der Waals surface area contributed by atoms with Gasteiger partial charge >= 0.3 is 0 Å². The highest BCUT2D eigenvalue weighted by molar-refractivity contribution is 9.09. The molecule has 3 nitrogen and oxygen atoms in total. The van der Waals surface area contributed by atoms with Gasteiger partial charge in [0.2, 0.25) is 0 Å². The Balaban J connectivity index is 2.00. The molecule has 0 aliphatic carbocycles. The molecular formula is C17H16BrNO2. The number of nitrogens with one attached hydrogen (secondary N) is 1. The number of fused-ring (bicyclic) bond motifs is 1. The minimum absolute atomic E-state index is 0.00586. The highest BCUT2D eigenvalue weighted by Crippen LogP contribution is 2.37. The van der Waals surface area contributed by atoms with Crippen LogP contribution >= 0.6 is 15.9 Å². The van der Waals surface area contributed by atoms with Gasteiger partial charge in [-0.15, -0.1) is 0 Å². The number of hydrogen-bond acceptors (Lipinski definition) is 2. The summed E-state index contributed by atoms with van der Waals surface area (Å²) in [7, 11) is 1.67. The molecule has 1 amide bonds. The number of benzene rings is 2. The predicted molar refractivity (Wildman–Crippen MR) is 86.2 cm³/mol. The number of carbonyl (C=O) groups is 1. The first-order valence-corrected chi connectivity index (χ1v) is 7.80. The lowest BCUT2D eigenvalue weighted by molar-refractivity contribution is 0.0946. The van der Waals surface area contributed by atoms with Crippen LogP contribution in [0.1, 0.15) is 31.9 Å². The number of carbonyl (C=O) groups excluding carboxylic acids is 1. The lowest BCUT2D eigenvalue weighted by Gasteiger charge is -2.20. The van der Waals surface area contributed by atoms with Gasteiger partial charge in [0, 0.05) is 17.7 Å². The van der Waals surface area contributed by atoms with Crippen LogP contribution in [0.3, 0.4) is 0 Å². The fourth-order valence-corrected chi connectivity index (χ4v) is 3.31. The van der Waals surface area contributed by atoms with Crippen molar-refractivity contribution in [2.75, 3.05) is 13.7 Å². The summed E-state index contributed by atoms with van der Waals surface area (Å²) in [4.78, 5) is 12.0. The number of para-hydroxylation sites is 1. The fraction of sp³-hybridized carbons (Fsp3) is 0.235. The van der Waals surface area contributed by atoms with E-state index in [1.54, 1.807) is 7.11 Å². The fourth-order valence-electron chi connectivity index (χ4n) is 2.64. The molecule has 0 bridgehead atoms. The third-order valence-corrected chi connectivity index (χ3v) is 4.78. The van der Waals surface area contributed by atoms with Crippen molar-refractivity contribution >= 4 is 21.8 Å². The van der Waals surface area contributed by atoms with Crippen molar-refractivity contribution in [1.82, 2.24) is 5.32 Å². The van der Waals surface area contributed by atoms with E-state index in [0.29, 0.717) is 0 Å². The molecule has 0 aromatic heterocycles. The van der Waals surface area contributed by atoms with Crippen molar-refractivity contribution < 1.29 is 9.53 Å². The molecule has 0 radical (unpaired) electrons. The standard InChI is InChI=1S/C17H16BrNO2/c1-21-15-5-3-2-4-13(15)16(18)12-7-6-11-8-9-19-17(20)14(11)10-12/h2-7,10,16H,8-9H2,1H3,(H,19,20). The Morgan fingerprint density at radius 2 is 2.05 bits per heavy atom. The molecule has 0 fully saturated rings. The summed E-state index contributed by atoms with van der Waals surface area (Å²) in [5.74, 6) is 0.847. The van der Waals surface area contributed by atoms with Crippen molar-refractivity contribution in [1.29, 1.82) is 0 Å². The van der Waals surface area contributed by atoms with Gasteiger partial charge in [0.25, 0.3) is 5.91 Å². The molecule has 21 heavy (non-hydrogen) atoms. The van der Waals surface area contributed by atoms with Gasteiger partial charge in [-0.3, -0.25) is 4.79 Å². The summed E-state index contributed by atoms with van der Waals surface area (Å²) in [5, 5.41) is 2.89. The van der Waals surface area contributed by atoms with E-state index in [0.717, 1.165) is 41.0 Å². The zero-order valence-corrected chi connectivity index (χ0v) is 13.3. The van der Waals surface area contributed by atoms with E-state index in [1.807, 2.05) is 36.4 Å². The van der Waals surface area contributed by atoms with Crippen LogP contribution in [0.4, 0.5) is 0 Å². The maximum absolute atomic E-state index is 12.0. The quantitative estimate of drug-likeness (QED) is 0.865. The second-order valence-corrected chi connectivity index (χ2v) is 5.94. The lowest BCUT2D eigenvalue weighted by Crippen LogP contribution is -2.31. The number of halogens is 1. The summed E-state index contributed by atoms with van der Waals surface area (Å²) in [6.07, 6.45) is 0.892. The molecule has 2 aromatic carbocycles. The Bertz CT molecular complexity index is 684. The molecule has 0 saturated heterocycles. The highest BCUT2D eigenvalue weighted by Gasteiger charge is 2.20. The third kappa shape index (κ3) is 2.68. The maximum atomic E-state index is 12.0. The molecule has 0 spiro atoms. The van der Waals surface area contributed by atoms with Crippen LogP contribution in [-0.4, -0.2) is 19.6 Å². The first-order valence-electron chi connectivity index (χ1n) is 6.88. The molecule has 1 atom stereocenters. The van der Waals surface area contributed by atoms with Crippen molar-refractivity contribution in [3.05, 3.63) is 64.7 Å². The molecule has 0 saturated carbocycles. The van der Waals surface area contributed by atoms with Crippen LogP contribution in [0, 0.1) is 0 Å². The number of amides is 1. The molecule has 1 heterocycles. The Kier molecular flexibility index (Phi) is 3.97. The highest BCUT2D eigenvalue weighted by atomic mass is 79.9. The Hall–Kier alpha value is -1.81. The molecule has 2 aromatic rings. The predicted octanol–water partition coefficient (Wildman–Crippen LogP) is 3.47. The number of methoxy groups -OCH3 is 1. The molecule has 1 aliphatic rings. The average Bonchev–Trinajstić information content (AvgIpc) is 2.54. The third-order valence-electron chi connectivity index (χ3n) is 3.76. The molecule has 1 N–H and O–H groups in total. The van der Waals surface area contributed by atoms with Crippen LogP contribution in [0.2, 0.25) is 0 Å². The topological polar surface area (TPSA) is 38.3 Å². The molecule has 1 aliphatic heterocycles. The van der Waals surface area contributed by atoms with E-state index in [1.165, 1.54) is 0 Å². The molecule has 3 rings (SSSR count). The largest absolute Gasteiger partial charge is 0.496 e. The van der Waals surface area contributed by atoms with E-state index < -0.39 is 0 Å². The monoisotopic (exact) mass is 345 g/mol. The van der Waals surface area contributed by atoms with Crippen LogP contribution in [0.25, 0.3) is 0 Å². The first-order chi connectivity index (χ1) is 10.2. The molecular weight excluding hydrogens is 330 g/mol. The van der Waals surface area contributed by atoms with E-state index in [9.17, 15) is 4.79 Å². The maximum Gasteiger partial charge on any atom is 0.251 e. The Labute approximate surface area is 132 Å². The second kappa shape index (κ2) is 5.90. The van der Waals surface area contributed by atoms with E-state index in [-0.39, 0.29) is 10.7 Å². The summed E-state index contributed by atoms with van der Waals surface area (Å²) < 4.78 is 5.41. The van der Waals surface area contributed by atoms with Crippen molar-refractivity contribution in [2.45, 2.75) is 11.2 Å². The molecule has 4 heteroatoms. The van der Waals surface area contributed by atoms with E-state index in [4.69, 9.17) is 4.74 Å². The number of ether oxygens (including phenoxy) is 1. The summed E-state index contributed by atoms with van der Waals surface area (Å²) in [6.45, 7) is 0.718. The Morgan fingerprint density at radius 1 is 1.24 bits per heavy atom. The zero-order valence-electron chi connectivity index (χ0n) is 11.7. The van der Waals surface area contributed by atoms with Crippen molar-refractivity contribution in [3.8, 4) is 5.75 Å². The molecule has 108 valence electrons. The minimum Gasteiger partial charge on any atom is -0.496 e. The van der Waals surface area contributed by atoms with Crippen LogP contribution < -0.4 is 10.1 Å². The normalized spacial score (nSPS) is 15.0.